The summed E-state index contributed by atoms with van der Waals surface area (Å²) < 4.78 is 40.8. The molecule has 2 nitrogen and oxygen atoms in total. The maximum absolute atomic E-state index is 13.1. The van der Waals surface area contributed by atoms with Gasteiger partial charge in [0.2, 0.25) is 0 Å². The van der Waals surface area contributed by atoms with Gasteiger partial charge in [0, 0.05) is 18.9 Å². The van der Waals surface area contributed by atoms with E-state index in [1.54, 1.807) is 19.3 Å². The van der Waals surface area contributed by atoms with E-state index in [1.165, 1.54) is 10.6 Å². The molecule has 1 atom stereocenters. The number of hydrogen-bond donors (Lipinski definition) is 1. The van der Waals surface area contributed by atoms with Gasteiger partial charge in [0.25, 0.3) is 0 Å². The highest BCUT2D eigenvalue weighted by atomic mass is 19.4. The predicted octanol–water partition coefficient (Wildman–Crippen LogP) is 2.17. The van der Waals surface area contributed by atoms with Crippen molar-refractivity contribution in [2.24, 2.45) is 7.05 Å². The zero-order valence-corrected chi connectivity index (χ0v) is 8.43. The molecule has 0 radical (unpaired) electrons. The van der Waals surface area contributed by atoms with Crippen LogP contribution in [0, 0.1) is 0 Å². The van der Waals surface area contributed by atoms with Gasteiger partial charge in [-0.15, -0.1) is 0 Å². The van der Waals surface area contributed by atoms with E-state index in [0.717, 1.165) is 0 Å². The van der Waals surface area contributed by atoms with Crippen molar-refractivity contribution in [2.75, 3.05) is 6.54 Å². The average Bonchev–Trinajstić information content (AvgIpc) is 2.70. The van der Waals surface area contributed by atoms with Crippen molar-refractivity contribution in [1.82, 2.24) is 9.88 Å². The predicted molar refractivity (Wildman–Crippen MR) is 50.4 cm³/mol. The van der Waals surface area contributed by atoms with Crippen molar-refractivity contribution in [3.05, 3.63) is 24.0 Å². The van der Waals surface area contributed by atoms with Crippen LogP contribution in [0.3, 0.4) is 0 Å². The Morgan fingerprint density at radius 2 is 2.20 bits per heavy atom. The molecule has 1 aromatic rings. The zero-order valence-electron chi connectivity index (χ0n) is 8.43. The first-order valence-corrected chi connectivity index (χ1v) is 4.91. The van der Waals surface area contributed by atoms with Crippen LogP contribution in [-0.2, 0) is 12.6 Å². The Balaban J connectivity index is 2.49. The SMILES string of the molecule is Cn1cccc1C1(C(F)(F)F)CCCN1. The van der Waals surface area contributed by atoms with Crippen LogP contribution in [0.2, 0.25) is 0 Å². The minimum Gasteiger partial charge on any atom is -0.353 e. The highest BCUT2D eigenvalue weighted by Gasteiger charge is 2.58. The summed E-state index contributed by atoms with van der Waals surface area (Å²) in [7, 11) is 1.64. The lowest BCUT2D eigenvalue weighted by Gasteiger charge is -2.32. The molecule has 1 unspecified atom stereocenters. The van der Waals surface area contributed by atoms with Crippen LogP contribution >= 0.6 is 0 Å². The van der Waals surface area contributed by atoms with Gasteiger partial charge in [0.15, 0.2) is 5.54 Å². The number of halogens is 3. The summed E-state index contributed by atoms with van der Waals surface area (Å²) in [6, 6.07) is 3.18. The summed E-state index contributed by atoms with van der Waals surface area (Å²) in [5.74, 6) is 0. The maximum atomic E-state index is 13.1. The van der Waals surface area contributed by atoms with Crippen LogP contribution < -0.4 is 5.32 Å². The Morgan fingerprint density at radius 3 is 2.60 bits per heavy atom. The average molecular weight is 218 g/mol. The number of nitrogens with zero attached hydrogens (tertiary/aromatic N) is 1. The van der Waals surface area contributed by atoms with Gasteiger partial charge in [-0.1, -0.05) is 0 Å². The van der Waals surface area contributed by atoms with Crippen molar-refractivity contribution in [3.63, 3.8) is 0 Å². The number of hydrogen-bond acceptors (Lipinski definition) is 1. The first kappa shape index (κ1) is 10.5. The Morgan fingerprint density at radius 1 is 1.47 bits per heavy atom. The van der Waals surface area contributed by atoms with Crippen LogP contribution in [0.4, 0.5) is 13.2 Å². The summed E-state index contributed by atoms with van der Waals surface area (Å²) in [5, 5.41) is 2.61. The molecule has 0 bridgehead atoms. The summed E-state index contributed by atoms with van der Waals surface area (Å²) in [6.07, 6.45) is -1.92. The number of aryl methyl sites for hydroxylation is 1. The number of aromatic nitrogens is 1. The van der Waals surface area contributed by atoms with E-state index >= 15 is 0 Å². The standard InChI is InChI=1S/C10H13F3N2/c1-15-7-2-4-8(15)9(10(11,12)13)5-3-6-14-9/h2,4,7,14H,3,5-6H2,1H3. The molecule has 0 amide bonds. The Labute approximate surface area is 86.1 Å². The second-order valence-electron chi connectivity index (χ2n) is 3.94. The summed E-state index contributed by atoms with van der Waals surface area (Å²) >= 11 is 0. The molecule has 1 aliphatic rings. The first-order valence-electron chi connectivity index (χ1n) is 4.91. The van der Waals surface area contributed by atoms with Gasteiger partial charge in [0.05, 0.1) is 0 Å². The highest BCUT2D eigenvalue weighted by molar-refractivity contribution is 5.22. The smallest absolute Gasteiger partial charge is 0.353 e. The number of alkyl halides is 3. The van der Waals surface area contributed by atoms with Crippen molar-refractivity contribution in [1.29, 1.82) is 0 Å². The fourth-order valence-corrected chi connectivity index (χ4v) is 2.25. The fourth-order valence-electron chi connectivity index (χ4n) is 2.25. The van der Waals surface area contributed by atoms with E-state index in [1.807, 2.05) is 0 Å². The second-order valence-corrected chi connectivity index (χ2v) is 3.94. The molecule has 1 aromatic heterocycles. The van der Waals surface area contributed by atoms with Crippen molar-refractivity contribution < 1.29 is 13.2 Å². The van der Waals surface area contributed by atoms with Crippen LogP contribution in [0.25, 0.3) is 0 Å². The van der Waals surface area contributed by atoms with Gasteiger partial charge in [-0.25, -0.2) is 0 Å². The lowest BCUT2D eigenvalue weighted by atomic mass is 9.92. The summed E-state index contributed by atoms with van der Waals surface area (Å²) in [6.45, 7) is 0.421. The molecule has 0 spiro atoms. The molecule has 1 saturated heterocycles. The monoisotopic (exact) mass is 218 g/mol. The zero-order chi connectivity index (χ0) is 11.1. The molecule has 84 valence electrons. The largest absolute Gasteiger partial charge is 0.412 e. The molecule has 2 heterocycles. The van der Waals surface area contributed by atoms with E-state index in [0.29, 0.717) is 18.7 Å². The quantitative estimate of drug-likeness (QED) is 0.764. The van der Waals surface area contributed by atoms with Gasteiger partial charge in [0.1, 0.15) is 0 Å². The van der Waals surface area contributed by atoms with Crippen LogP contribution in [0.1, 0.15) is 18.5 Å². The van der Waals surface area contributed by atoms with E-state index in [4.69, 9.17) is 0 Å². The lowest BCUT2D eigenvalue weighted by molar-refractivity contribution is -0.198. The molecule has 0 saturated carbocycles. The van der Waals surface area contributed by atoms with Gasteiger partial charge in [-0.3, -0.25) is 5.32 Å². The molecule has 2 rings (SSSR count). The maximum Gasteiger partial charge on any atom is 0.412 e. The van der Waals surface area contributed by atoms with E-state index in [9.17, 15) is 13.2 Å². The summed E-state index contributed by atoms with van der Waals surface area (Å²) in [4.78, 5) is 0. The third-order valence-electron chi connectivity index (χ3n) is 3.02. The molecule has 1 fully saturated rings. The molecule has 1 N–H and O–H groups in total. The molecule has 15 heavy (non-hydrogen) atoms. The van der Waals surface area contributed by atoms with Gasteiger partial charge in [-0.05, 0) is 31.5 Å². The number of rotatable bonds is 1. The molecular formula is C10H13F3N2. The van der Waals surface area contributed by atoms with Crippen molar-refractivity contribution >= 4 is 0 Å². The highest BCUT2D eigenvalue weighted by Crippen LogP contribution is 2.44. The Bertz CT molecular complexity index is 348. The van der Waals surface area contributed by atoms with Crippen LogP contribution in [0.15, 0.2) is 18.3 Å². The van der Waals surface area contributed by atoms with E-state index in [2.05, 4.69) is 5.32 Å². The third kappa shape index (κ3) is 1.45. The van der Waals surface area contributed by atoms with Gasteiger partial charge < -0.3 is 4.57 Å². The van der Waals surface area contributed by atoms with E-state index < -0.39 is 11.7 Å². The minimum atomic E-state index is -4.24. The normalized spacial score (nSPS) is 27.2. The summed E-state index contributed by atoms with van der Waals surface area (Å²) in [5.41, 5.74) is -1.54. The first-order chi connectivity index (χ1) is 6.97. The molecule has 5 heteroatoms. The Hall–Kier alpha value is -0.970. The fraction of sp³-hybridized carbons (Fsp3) is 0.600. The number of nitrogens with one attached hydrogen (secondary N) is 1. The molecule has 0 aliphatic carbocycles. The molecule has 0 aromatic carbocycles. The molecular weight excluding hydrogens is 205 g/mol. The van der Waals surface area contributed by atoms with Gasteiger partial charge >= 0.3 is 6.18 Å². The van der Waals surface area contributed by atoms with Crippen LogP contribution in [0.5, 0.6) is 0 Å². The van der Waals surface area contributed by atoms with E-state index in [-0.39, 0.29) is 6.42 Å². The van der Waals surface area contributed by atoms with Crippen molar-refractivity contribution in [3.8, 4) is 0 Å². The van der Waals surface area contributed by atoms with Crippen molar-refractivity contribution in [2.45, 2.75) is 24.6 Å². The second kappa shape index (κ2) is 3.27. The van der Waals surface area contributed by atoms with Gasteiger partial charge in [-0.2, -0.15) is 13.2 Å². The Kier molecular flexibility index (Phi) is 2.30. The topological polar surface area (TPSA) is 17.0 Å². The third-order valence-corrected chi connectivity index (χ3v) is 3.02. The minimum absolute atomic E-state index is 0.119. The molecule has 1 aliphatic heterocycles. The lowest BCUT2D eigenvalue weighted by Crippen LogP contribution is -2.51. The van der Waals surface area contributed by atoms with Crippen LogP contribution in [-0.4, -0.2) is 17.3 Å².